The molecule has 112 valence electrons. The van der Waals surface area contributed by atoms with Gasteiger partial charge in [0.2, 0.25) is 10.0 Å². The van der Waals surface area contributed by atoms with Gasteiger partial charge in [-0.1, -0.05) is 0 Å². The maximum atomic E-state index is 13.1. The third-order valence-corrected chi connectivity index (χ3v) is 5.50. The Bertz CT molecular complexity index is 581. The van der Waals surface area contributed by atoms with Crippen LogP contribution in [-0.4, -0.2) is 49.8 Å². The van der Waals surface area contributed by atoms with Crippen LogP contribution in [0.15, 0.2) is 23.1 Å². The first-order valence-corrected chi connectivity index (χ1v) is 8.05. The van der Waals surface area contributed by atoms with Crippen LogP contribution in [0.4, 0.5) is 10.1 Å². The first-order valence-electron chi connectivity index (χ1n) is 6.61. The van der Waals surface area contributed by atoms with Crippen LogP contribution in [0.3, 0.4) is 0 Å². The molecule has 1 aromatic rings. The van der Waals surface area contributed by atoms with Crippen molar-refractivity contribution in [1.82, 2.24) is 9.21 Å². The lowest BCUT2D eigenvalue weighted by Gasteiger charge is -2.36. The summed E-state index contributed by atoms with van der Waals surface area (Å²) in [7, 11) is -3.59. The van der Waals surface area contributed by atoms with Crippen molar-refractivity contribution in [3.63, 3.8) is 0 Å². The van der Waals surface area contributed by atoms with E-state index in [0.717, 1.165) is 6.07 Å². The molecule has 0 amide bonds. The Morgan fingerprint density at radius 2 is 1.80 bits per heavy atom. The first kappa shape index (κ1) is 15.2. The number of nitrogens with zero attached hydrogens (tertiary/aromatic N) is 2. The van der Waals surface area contributed by atoms with Gasteiger partial charge in [-0.05, 0) is 32.0 Å². The van der Waals surface area contributed by atoms with Crippen molar-refractivity contribution in [2.24, 2.45) is 0 Å². The van der Waals surface area contributed by atoms with Gasteiger partial charge in [0.15, 0.2) is 0 Å². The Hall–Kier alpha value is -1.18. The van der Waals surface area contributed by atoms with Crippen molar-refractivity contribution >= 4 is 15.7 Å². The number of nitrogens with two attached hydrogens (primary N) is 1. The summed E-state index contributed by atoms with van der Waals surface area (Å²) >= 11 is 0. The van der Waals surface area contributed by atoms with E-state index in [1.807, 2.05) is 0 Å². The summed E-state index contributed by atoms with van der Waals surface area (Å²) in [5, 5.41) is 0. The van der Waals surface area contributed by atoms with Crippen molar-refractivity contribution < 1.29 is 12.8 Å². The fraction of sp³-hybridized carbons (Fsp3) is 0.538. The fourth-order valence-electron chi connectivity index (χ4n) is 2.29. The molecule has 2 N–H and O–H groups in total. The number of piperazine rings is 1. The number of sulfonamides is 1. The smallest absolute Gasteiger partial charge is 0.243 e. The lowest BCUT2D eigenvalue weighted by Crippen LogP contribution is -2.50. The van der Waals surface area contributed by atoms with Crippen LogP contribution >= 0.6 is 0 Å². The standard InChI is InChI=1S/C13H20FN3O2S/c1-10(2)16-5-7-17(8-6-16)20(18,19)11-3-4-12(14)13(15)9-11/h3-4,9-10H,5-8,15H2,1-2H3. The predicted molar refractivity (Wildman–Crippen MR) is 76.3 cm³/mol. The highest BCUT2D eigenvalue weighted by Gasteiger charge is 2.29. The van der Waals surface area contributed by atoms with Gasteiger partial charge in [-0.2, -0.15) is 4.31 Å². The number of hydrogen-bond acceptors (Lipinski definition) is 4. The van der Waals surface area contributed by atoms with Crippen molar-refractivity contribution in [2.75, 3.05) is 31.9 Å². The van der Waals surface area contributed by atoms with Crippen LogP contribution in [0.25, 0.3) is 0 Å². The van der Waals surface area contributed by atoms with E-state index in [0.29, 0.717) is 32.2 Å². The van der Waals surface area contributed by atoms with Crippen LogP contribution in [0.2, 0.25) is 0 Å². The zero-order valence-electron chi connectivity index (χ0n) is 11.7. The van der Waals surface area contributed by atoms with Crippen LogP contribution in [0, 0.1) is 5.82 Å². The molecular formula is C13H20FN3O2S. The number of benzene rings is 1. The van der Waals surface area contributed by atoms with Crippen molar-refractivity contribution in [3.8, 4) is 0 Å². The van der Waals surface area contributed by atoms with E-state index in [2.05, 4.69) is 18.7 Å². The SMILES string of the molecule is CC(C)N1CCN(S(=O)(=O)c2ccc(F)c(N)c2)CC1. The van der Waals surface area contributed by atoms with Gasteiger partial charge >= 0.3 is 0 Å². The second-order valence-corrected chi connectivity index (χ2v) is 7.16. The molecule has 0 bridgehead atoms. The van der Waals surface area contributed by atoms with Crippen LogP contribution in [0.5, 0.6) is 0 Å². The lowest BCUT2D eigenvalue weighted by molar-refractivity contribution is 0.154. The van der Waals surface area contributed by atoms with Gasteiger partial charge in [0.05, 0.1) is 10.6 Å². The molecule has 1 fully saturated rings. The minimum Gasteiger partial charge on any atom is -0.396 e. The Kier molecular flexibility index (Phi) is 4.31. The van der Waals surface area contributed by atoms with Crippen molar-refractivity contribution in [1.29, 1.82) is 0 Å². The van der Waals surface area contributed by atoms with E-state index in [9.17, 15) is 12.8 Å². The summed E-state index contributed by atoms with van der Waals surface area (Å²) < 4.78 is 39.5. The summed E-state index contributed by atoms with van der Waals surface area (Å²) in [6, 6.07) is 3.93. The van der Waals surface area contributed by atoms with Gasteiger partial charge in [0, 0.05) is 32.2 Å². The molecule has 1 aromatic carbocycles. The van der Waals surface area contributed by atoms with Crippen LogP contribution in [0.1, 0.15) is 13.8 Å². The lowest BCUT2D eigenvalue weighted by atomic mass is 10.3. The molecular weight excluding hydrogens is 281 g/mol. The van der Waals surface area contributed by atoms with Crippen molar-refractivity contribution in [2.45, 2.75) is 24.8 Å². The summed E-state index contributed by atoms with van der Waals surface area (Å²) in [6.07, 6.45) is 0. The molecule has 0 unspecified atom stereocenters. The van der Waals surface area contributed by atoms with E-state index in [1.165, 1.54) is 16.4 Å². The zero-order valence-corrected chi connectivity index (χ0v) is 12.5. The molecule has 0 atom stereocenters. The highest BCUT2D eigenvalue weighted by atomic mass is 32.2. The Morgan fingerprint density at radius 1 is 1.20 bits per heavy atom. The third kappa shape index (κ3) is 2.94. The summed E-state index contributed by atoms with van der Waals surface area (Å²) in [5.41, 5.74) is 5.30. The number of rotatable bonds is 3. The van der Waals surface area contributed by atoms with Gasteiger partial charge in [0.1, 0.15) is 5.82 Å². The molecule has 0 radical (unpaired) electrons. The maximum Gasteiger partial charge on any atom is 0.243 e. The molecule has 0 aromatic heterocycles. The van der Waals surface area contributed by atoms with Gasteiger partial charge in [-0.15, -0.1) is 0 Å². The molecule has 1 aliphatic heterocycles. The quantitative estimate of drug-likeness (QED) is 0.850. The minimum atomic E-state index is -3.59. The first-order chi connectivity index (χ1) is 9.32. The zero-order chi connectivity index (χ0) is 14.9. The molecule has 0 saturated carbocycles. The molecule has 2 rings (SSSR count). The third-order valence-electron chi connectivity index (χ3n) is 3.61. The molecule has 7 heteroatoms. The Labute approximate surface area is 119 Å². The predicted octanol–water partition coefficient (Wildman–Crippen LogP) is 1.12. The van der Waals surface area contributed by atoms with E-state index in [1.54, 1.807) is 0 Å². The Balaban J connectivity index is 2.17. The average Bonchev–Trinajstić information content (AvgIpc) is 2.41. The van der Waals surface area contributed by atoms with E-state index in [-0.39, 0.29) is 10.6 Å². The minimum absolute atomic E-state index is 0.0504. The summed E-state index contributed by atoms with van der Waals surface area (Å²) in [6.45, 7) is 6.46. The second-order valence-electron chi connectivity index (χ2n) is 5.22. The average molecular weight is 301 g/mol. The van der Waals surface area contributed by atoms with Crippen LogP contribution < -0.4 is 5.73 Å². The van der Waals surface area contributed by atoms with Gasteiger partial charge in [0.25, 0.3) is 0 Å². The van der Waals surface area contributed by atoms with E-state index >= 15 is 0 Å². The second kappa shape index (κ2) is 5.67. The molecule has 20 heavy (non-hydrogen) atoms. The van der Waals surface area contributed by atoms with E-state index < -0.39 is 15.8 Å². The highest BCUT2D eigenvalue weighted by Crippen LogP contribution is 2.21. The fourth-order valence-corrected chi connectivity index (χ4v) is 3.75. The molecule has 1 aliphatic rings. The molecule has 0 spiro atoms. The molecule has 0 aliphatic carbocycles. The van der Waals surface area contributed by atoms with Gasteiger partial charge in [-0.25, -0.2) is 12.8 Å². The number of anilines is 1. The van der Waals surface area contributed by atoms with Gasteiger partial charge < -0.3 is 5.73 Å². The number of halogens is 1. The topological polar surface area (TPSA) is 66.6 Å². The molecule has 1 heterocycles. The van der Waals surface area contributed by atoms with Crippen LogP contribution in [-0.2, 0) is 10.0 Å². The largest absolute Gasteiger partial charge is 0.396 e. The number of nitrogen functional groups attached to an aromatic ring is 1. The summed E-state index contributed by atoms with van der Waals surface area (Å²) in [5.74, 6) is -0.603. The molecule has 1 saturated heterocycles. The van der Waals surface area contributed by atoms with Crippen molar-refractivity contribution in [3.05, 3.63) is 24.0 Å². The number of hydrogen-bond donors (Lipinski definition) is 1. The van der Waals surface area contributed by atoms with Gasteiger partial charge in [-0.3, -0.25) is 4.90 Å². The normalized spacial score (nSPS) is 18.6. The molecule has 5 nitrogen and oxygen atoms in total. The summed E-state index contributed by atoms with van der Waals surface area (Å²) in [4.78, 5) is 2.28. The van der Waals surface area contributed by atoms with E-state index in [4.69, 9.17) is 5.73 Å². The highest BCUT2D eigenvalue weighted by molar-refractivity contribution is 7.89. The Morgan fingerprint density at radius 3 is 2.30 bits per heavy atom. The monoisotopic (exact) mass is 301 g/mol. The maximum absolute atomic E-state index is 13.1.